The van der Waals surface area contributed by atoms with Crippen molar-refractivity contribution in [3.05, 3.63) is 71.1 Å². The number of halogens is 6. The summed E-state index contributed by atoms with van der Waals surface area (Å²) in [6.07, 6.45) is -0.667. The molecule has 9 nitrogen and oxygen atoms in total. The predicted octanol–water partition coefficient (Wildman–Crippen LogP) is 6.85. The van der Waals surface area contributed by atoms with Gasteiger partial charge in [0.05, 0.1) is 27.2 Å². The Morgan fingerprint density at radius 3 is 2.15 bits per heavy atom. The predicted molar refractivity (Wildman–Crippen MR) is 167 cm³/mol. The molecule has 256 valence electrons. The van der Waals surface area contributed by atoms with Crippen LogP contribution in [0.4, 0.5) is 38.0 Å². The van der Waals surface area contributed by atoms with Crippen LogP contribution in [0, 0.1) is 17.5 Å². The maximum Gasteiger partial charge on any atom is 0.400 e. The molecule has 0 saturated heterocycles. The van der Waals surface area contributed by atoms with Crippen molar-refractivity contribution in [2.75, 3.05) is 16.3 Å². The molecule has 2 saturated carbocycles. The molecule has 2 aliphatic rings. The van der Waals surface area contributed by atoms with Crippen molar-refractivity contribution >= 4 is 42.8 Å². The minimum atomic E-state index is -4.99. The van der Waals surface area contributed by atoms with Crippen LogP contribution in [0.15, 0.2) is 53.6 Å². The van der Waals surface area contributed by atoms with Crippen LogP contribution < -0.4 is 10.0 Å². The summed E-state index contributed by atoms with van der Waals surface area (Å²) < 4.78 is 139. The first kappa shape index (κ1) is 34.1. The average Bonchev–Trinajstić information content (AvgIpc) is 3.71. The van der Waals surface area contributed by atoms with Crippen molar-refractivity contribution in [2.45, 2.75) is 66.3 Å². The van der Waals surface area contributed by atoms with E-state index >= 15 is 4.39 Å². The number of nitrogens with one attached hydrogen (secondary N) is 2. The van der Waals surface area contributed by atoms with Gasteiger partial charge in [-0.15, -0.1) is 11.3 Å². The van der Waals surface area contributed by atoms with E-state index in [4.69, 9.17) is 0 Å². The lowest BCUT2D eigenvalue weighted by atomic mass is 9.95. The van der Waals surface area contributed by atoms with E-state index in [0.717, 1.165) is 12.1 Å². The summed E-state index contributed by atoms with van der Waals surface area (Å²) >= 11 is 0.670. The number of alkyl halides is 3. The van der Waals surface area contributed by atoms with Gasteiger partial charge in [0, 0.05) is 24.1 Å². The zero-order chi connectivity index (χ0) is 34.6. The van der Waals surface area contributed by atoms with Crippen LogP contribution in [0.5, 0.6) is 0 Å². The molecule has 48 heavy (non-hydrogen) atoms. The fraction of sp³-hybridized carbons (Fsp3) is 0.367. The molecule has 0 amide bonds. The third-order valence-corrected chi connectivity index (χ3v) is 12.9. The van der Waals surface area contributed by atoms with Gasteiger partial charge in [0.25, 0.3) is 10.0 Å². The van der Waals surface area contributed by atoms with Crippen LogP contribution in [0.3, 0.4) is 0 Å². The highest BCUT2D eigenvalue weighted by molar-refractivity contribution is 7.92. The first-order chi connectivity index (χ1) is 22.5. The average molecular weight is 732 g/mol. The summed E-state index contributed by atoms with van der Waals surface area (Å²) in [7, 11) is -8.18. The van der Waals surface area contributed by atoms with Gasteiger partial charge in [0.1, 0.15) is 31.9 Å². The highest BCUT2D eigenvalue weighted by Gasteiger charge is 2.66. The fourth-order valence-corrected chi connectivity index (χ4v) is 9.37. The van der Waals surface area contributed by atoms with E-state index in [1.165, 1.54) is 30.7 Å². The van der Waals surface area contributed by atoms with E-state index in [-0.39, 0.29) is 51.7 Å². The molecule has 4 aromatic rings. The molecule has 0 atom stereocenters. The molecular formula is C30H27F6N5O4S3. The van der Waals surface area contributed by atoms with E-state index in [2.05, 4.69) is 20.3 Å². The molecule has 0 radical (unpaired) electrons. The van der Waals surface area contributed by atoms with Crippen LogP contribution in [0.1, 0.15) is 43.5 Å². The van der Waals surface area contributed by atoms with E-state index < -0.39 is 64.7 Å². The van der Waals surface area contributed by atoms with Gasteiger partial charge in [-0.05, 0) is 68.9 Å². The van der Waals surface area contributed by atoms with Gasteiger partial charge in [-0.25, -0.2) is 45.0 Å². The lowest BCUT2D eigenvalue weighted by Gasteiger charge is -2.28. The standard InChI is InChI=1S/C30H27F6N5O4S3/c1-47(42,43)17-10-8-16(9-11-17)38-28-37-15-12-22(39-28)25-24(40-27(46-25)29(13-14-29)30(34,35)36)18-4-2-7-21(23(18)33)41-48(44,45)26-19(31)5-3-6-20(26)32/h2-7,12,15-17,41H,8-11,13-14H2,1H3,(H,37,38,39)/t16-,17-. The highest BCUT2D eigenvalue weighted by Crippen LogP contribution is 2.61. The van der Waals surface area contributed by atoms with Gasteiger partial charge >= 0.3 is 6.18 Å². The molecule has 0 aliphatic heterocycles. The molecule has 2 fully saturated rings. The molecule has 6 rings (SSSR count). The molecular weight excluding hydrogens is 705 g/mol. The first-order valence-corrected chi connectivity index (χ1v) is 18.9. The van der Waals surface area contributed by atoms with E-state index in [9.17, 15) is 38.8 Å². The zero-order valence-corrected chi connectivity index (χ0v) is 27.4. The number of benzene rings is 2. The van der Waals surface area contributed by atoms with Crippen LogP contribution in [-0.2, 0) is 25.3 Å². The summed E-state index contributed by atoms with van der Waals surface area (Å²) in [5.74, 6) is -3.96. The third kappa shape index (κ3) is 6.48. The minimum absolute atomic E-state index is 0.0471. The summed E-state index contributed by atoms with van der Waals surface area (Å²) in [5.41, 5.74) is -3.49. The number of aromatic nitrogens is 3. The molecule has 0 unspecified atom stereocenters. The quantitative estimate of drug-likeness (QED) is 0.179. The Kier molecular flexibility index (Phi) is 8.73. The van der Waals surface area contributed by atoms with Crippen molar-refractivity contribution in [1.29, 1.82) is 0 Å². The number of hydrogen-bond acceptors (Lipinski definition) is 9. The minimum Gasteiger partial charge on any atom is -0.351 e. The summed E-state index contributed by atoms with van der Waals surface area (Å²) in [6, 6.07) is 7.02. The van der Waals surface area contributed by atoms with Crippen LogP contribution >= 0.6 is 11.3 Å². The molecule has 2 aliphatic carbocycles. The SMILES string of the molecule is CS(=O)(=O)[C@H]1CC[C@H](Nc2nccc(-c3sc(C4(C(F)(F)F)CC4)nc3-c3cccc(NS(=O)(=O)c4c(F)cccc4F)c3F)n2)CC1. The second-order valence-electron chi connectivity index (χ2n) is 11.8. The maximum absolute atomic E-state index is 16.1. The van der Waals surface area contributed by atoms with Crippen LogP contribution in [-0.4, -0.2) is 55.5 Å². The summed E-state index contributed by atoms with van der Waals surface area (Å²) in [4.78, 5) is 11.6. The largest absolute Gasteiger partial charge is 0.400 e. The Labute approximate surface area is 275 Å². The normalized spacial score (nSPS) is 19.6. The van der Waals surface area contributed by atoms with E-state index in [0.29, 0.717) is 49.2 Å². The lowest BCUT2D eigenvalue weighted by molar-refractivity contribution is -0.160. The fourth-order valence-electron chi connectivity index (χ4n) is 5.73. The van der Waals surface area contributed by atoms with Gasteiger partial charge in [0.2, 0.25) is 5.95 Å². The van der Waals surface area contributed by atoms with Crippen molar-refractivity contribution < 1.29 is 43.2 Å². The van der Waals surface area contributed by atoms with Gasteiger partial charge in [0.15, 0.2) is 10.7 Å². The van der Waals surface area contributed by atoms with E-state index in [1.807, 2.05) is 4.72 Å². The van der Waals surface area contributed by atoms with Gasteiger partial charge < -0.3 is 5.32 Å². The highest BCUT2D eigenvalue weighted by atomic mass is 32.2. The van der Waals surface area contributed by atoms with Crippen LogP contribution in [0.25, 0.3) is 21.8 Å². The second-order valence-corrected chi connectivity index (χ2v) is 16.8. The van der Waals surface area contributed by atoms with Gasteiger partial charge in [-0.1, -0.05) is 12.1 Å². The van der Waals surface area contributed by atoms with Crippen molar-refractivity contribution in [3.8, 4) is 21.8 Å². The number of anilines is 2. The number of hydrogen-bond donors (Lipinski definition) is 2. The Morgan fingerprint density at radius 2 is 1.54 bits per heavy atom. The maximum atomic E-state index is 16.1. The number of sulfone groups is 1. The molecule has 0 spiro atoms. The Bertz CT molecular complexity index is 2080. The van der Waals surface area contributed by atoms with Crippen LogP contribution in [0.2, 0.25) is 0 Å². The zero-order valence-electron chi connectivity index (χ0n) is 25.0. The van der Waals surface area contributed by atoms with Crippen molar-refractivity contribution in [2.24, 2.45) is 0 Å². The number of sulfonamides is 1. The summed E-state index contributed by atoms with van der Waals surface area (Å²) in [5, 5.41) is 2.36. The molecule has 2 aromatic carbocycles. The summed E-state index contributed by atoms with van der Waals surface area (Å²) in [6.45, 7) is 0. The Balaban J connectivity index is 1.38. The first-order valence-electron chi connectivity index (χ1n) is 14.6. The number of thiazole rings is 1. The van der Waals surface area contributed by atoms with Crippen molar-refractivity contribution in [3.63, 3.8) is 0 Å². The molecule has 2 aromatic heterocycles. The van der Waals surface area contributed by atoms with E-state index in [1.54, 1.807) is 0 Å². The van der Waals surface area contributed by atoms with Gasteiger partial charge in [-0.3, -0.25) is 4.72 Å². The third-order valence-electron chi connectivity index (χ3n) is 8.52. The molecule has 0 bridgehead atoms. The smallest absolute Gasteiger partial charge is 0.351 e. The van der Waals surface area contributed by atoms with Crippen molar-refractivity contribution in [1.82, 2.24) is 15.0 Å². The second kappa shape index (κ2) is 12.3. The number of nitrogens with zero attached hydrogens (tertiary/aromatic N) is 3. The molecule has 2 heterocycles. The Morgan fingerprint density at radius 1 is 0.896 bits per heavy atom. The monoisotopic (exact) mass is 731 g/mol. The number of rotatable bonds is 9. The molecule has 2 N–H and O–H groups in total. The molecule has 18 heteroatoms. The lowest BCUT2D eigenvalue weighted by Crippen LogP contribution is -2.32. The topological polar surface area (TPSA) is 131 Å². The van der Waals surface area contributed by atoms with Gasteiger partial charge in [-0.2, -0.15) is 13.2 Å². The Hall–Kier alpha value is -3.77.